The van der Waals surface area contributed by atoms with Crippen molar-refractivity contribution < 1.29 is 27.1 Å². The lowest BCUT2D eigenvalue weighted by atomic mass is 10.1. The van der Waals surface area contributed by atoms with Gasteiger partial charge in [0.1, 0.15) is 16.8 Å². The van der Waals surface area contributed by atoms with Crippen LogP contribution in [0.3, 0.4) is 0 Å². The van der Waals surface area contributed by atoms with E-state index in [1.54, 1.807) is 42.5 Å². The molecule has 0 bridgehead atoms. The van der Waals surface area contributed by atoms with Crippen LogP contribution >= 0.6 is 0 Å². The van der Waals surface area contributed by atoms with Crippen molar-refractivity contribution in [3.63, 3.8) is 0 Å². The molecule has 0 spiro atoms. The molecular weight excluding hydrogens is 447 g/mol. The molecule has 0 saturated carbocycles. The molecule has 3 aromatic carbocycles. The third-order valence-electron chi connectivity index (χ3n) is 4.94. The lowest BCUT2D eigenvalue weighted by Gasteiger charge is -2.19. The van der Waals surface area contributed by atoms with Gasteiger partial charge in [-0.3, -0.25) is 4.79 Å². The quantitative estimate of drug-likeness (QED) is 0.473. The first-order valence-corrected chi connectivity index (χ1v) is 11.6. The third-order valence-corrected chi connectivity index (χ3v) is 6.44. The van der Waals surface area contributed by atoms with Gasteiger partial charge >= 0.3 is 0 Å². The van der Waals surface area contributed by atoms with E-state index in [1.807, 2.05) is 6.07 Å². The van der Waals surface area contributed by atoms with Gasteiger partial charge in [0.15, 0.2) is 11.5 Å². The number of methoxy groups -OCH3 is 2. The highest BCUT2D eigenvalue weighted by molar-refractivity contribution is 7.89. The van der Waals surface area contributed by atoms with Crippen molar-refractivity contribution in [3.8, 4) is 11.5 Å². The minimum atomic E-state index is -4.28. The molecule has 0 aliphatic heterocycles. The molecule has 0 aliphatic carbocycles. The Bertz CT molecular complexity index is 1200. The van der Waals surface area contributed by atoms with Gasteiger partial charge in [-0.2, -0.15) is 4.72 Å². The summed E-state index contributed by atoms with van der Waals surface area (Å²) in [7, 11) is -1.25. The molecule has 3 aromatic rings. The normalized spacial score (nSPS) is 12.1. The zero-order valence-corrected chi connectivity index (χ0v) is 19.1. The number of hydrogen-bond donors (Lipinski definition) is 2. The molecule has 0 fully saturated rings. The van der Waals surface area contributed by atoms with Crippen LogP contribution in [0.2, 0.25) is 0 Å². The van der Waals surface area contributed by atoms with Crippen molar-refractivity contribution in [2.45, 2.75) is 23.9 Å². The Morgan fingerprint density at radius 1 is 0.909 bits per heavy atom. The smallest absolute Gasteiger partial charge is 0.244 e. The zero-order chi connectivity index (χ0) is 23.8. The van der Waals surface area contributed by atoms with E-state index in [4.69, 9.17) is 9.47 Å². The molecule has 0 aliphatic rings. The second-order valence-electron chi connectivity index (χ2n) is 7.20. The molecular formula is C24H25FN2O5S. The third kappa shape index (κ3) is 6.30. The Kier molecular flexibility index (Phi) is 8.02. The average Bonchev–Trinajstić information content (AvgIpc) is 2.82. The van der Waals surface area contributed by atoms with E-state index in [0.29, 0.717) is 11.5 Å². The number of carbonyl (C=O) groups is 1. The van der Waals surface area contributed by atoms with Crippen molar-refractivity contribution >= 4 is 15.9 Å². The van der Waals surface area contributed by atoms with Gasteiger partial charge in [-0.15, -0.1) is 0 Å². The Morgan fingerprint density at radius 3 is 2.24 bits per heavy atom. The maximum Gasteiger partial charge on any atom is 0.244 e. The summed E-state index contributed by atoms with van der Waals surface area (Å²) in [4.78, 5) is 12.5. The second kappa shape index (κ2) is 10.9. The minimum Gasteiger partial charge on any atom is -0.493 e. The number of rotatable bonds is 10. The Labute approximate surface area is 192 Å². The number of benzene rings is 3. The second-order valence-corrected chi connectivity index (χ2v) is 8.88. The average molecular weight is 473 g/mol. The first-order valence-electron chi connectivity index (χ1n) is 10.1. The van der Waals surface area contributed by atoms with Crippen LogP contribution in [0, 0.1) is 5.82 Å². The molecule has 1 atom stereocenters. The van der Waals surface area contributed by atoms with Gasteiger partial charge in [-0.25, -0.2) is 12.8 Å². The van der Waals surface area contributed by atoms with Gasteiger partial charge in [0.2, 0.25) is 15.9 Å². The SMILES string of the molecule is COc1ccc(CNC(=O)C(Cc2ccccc2)NS(=O)(=O)c2ccccc2F)cc1OC. The maximum atomic E-state index is 14.1. The molecule has 7 nitrogen and oxygen atoms in total. The van der Waals surface area contributed by atoms with Crippen LogP contribution < -0.4 is 19.5 Å². The standard InChI is InChI=1S/C24H25FN2O5S/c1-31-21-13-12-18(15-22(21)32-2)16-26-24(28)20(14-17-8-4-3-5-9-17)27-33(29,30)23-11-7-6-10-19(23)25/h3-13,15,20,27H,14,16H2,1-2H3,(H,26,28). The number of amides is 1. The molecule has 174 valence electrons. The van der Waals surface area contributed by atoms with Crippen molar-refractivity contribution in [2.24, 2.45) is 0 Å². The first-order chi connectivity index (χ1) is 15.8. The van der Waals surface area contributed by atoms with E-state index < -0.39 is 32.7 Å². The van der Waals surface area contributed by atoms with Crippen LogP contribution in [-0.4, -0.2) is 34.6 Å². The van der Waals surface area contributed by atoms with Gasteiger partial charge < -0.3 is 14.8 Å². The maximum absolute atomic E-state index is 14.1. The zero-order valence-electron chi connectivity index (χ0n) is 18.2. The van der Waals surface area contributed by atoms with E-state index >= 15 is 0 Å². The fraction of sp³-hybridized carbons (Fsp3) is 0.208. The number of ether oxygens (including phenoxy) is 2. The van der Waals surface area contributed by atoms with Gasteiger partial charge in [0, 0.05) is 6.54 Å². The van der Waals surface area contributed by atoms with Crippen LogP contribution in [0.4, 0.5) is 4.39 Å². The summed E-state index contributed by atoms with van der Waals surface area (Å²) in [6.07, 6.45) is 0.0896. The molecule has 33 heavy (non-hydrogen) atoms. The molecule has 0 heterocycles. The molecule has 0 aromatic heterocycles. The van der Waals surface area contributed by atoms with Crippen molar-refractivity contribution in [2.75, 3.05) is 14.2 Å². The fourth-order valence-electron chi connectivity index (χ4n) is 3.25. The van der Waals surface area contributed by atoms with Crippen LogP contribution in [0.15, 0.2) is 77.7 Å². The largest absolute Gasteiger partial charge is 0.493 e. The summed E-state index contributed by atoms with van der Waals surface area (Å²) in [5.41, 5.74) is 1.48. The van der Waals surface area contributed by atoms with Crippen LogP contribution in [0.5, 0.6) is 11.5 Å². The topological polar surface area (TPSA) is 93.7 Å². The van der Waals surface area contributed by atoms with E-state index in [1.165, 1.54) is 26.4 Å². The summed E-state index contributed by atoms with van der Waals surface area (Å²) in [6, 6.07) is 18.0. The highest BCUT2D eigenvalue weighted by atomic mass is 32.2. The fourth-order valence-corrected chi connectivity index (χ4v) is 4.53. The predicted octanol–water partition coefficient (Wildman–Crippen LogP) is 3.05. The Morgan fingerprint density at radius 2 is 1.58 bits per heavy atom. The minimum absolute atomic E-state index is 0.0896. The molecule has 1 amide bonds. The van der Waals surface area contributed by atoms with Crippen molar-refractivity contribution in [3.05, 3.63) is 89.7 Å². The van der Waals surface area contributed by atoms with E-state index in [-0.39, 0.29) is 13.0 Å². The lowest BCUT2D eigenvalue weighted by Crippen LogP contribution is -2.47. The number of halogens is 1. The van der Waals surface area contributed by atoms with Gasteiger partial charge in [-0.05, 0) is 41.8 Å². The highest BCUT2D eigenvalue weighted by Gasteiger charge is 2.27. The number of hydrogen-bond acceptors (Lipinski definition) is 5. The van der Waals surface area contributed by atoms with Gasteiger partial charge in [0.05, 0.1) is 14.2 Å². The predicted molar refractivity (Wildman–Crippen MR) is 122 cm³/mol. The molecule has 0 radical (unpaired) electrons. The van der Waals surface area contributed by atoms with E-state index in [9.17, 15) is 17.6 Å². The first kappa shape index (κ1) is 24.2. The summed E-state index contributed by atoms with van der Waals surface area (Å²) >= 11 is 0. The van der Waals surface area contributed by atoms with Crippen LogP contribution in [0.1, 0.15) is 11.1 Å². The van der Waals surface area contributed by atoms with Crippen LogP contribution in [0.25, 0.3) is 0 Å². The molecule has 3 rings (SSSR count). The Balaban J connectivity index is 1.80. The van der Waals surface area contributed by atoms with Crippen molar-refractivity contribution in [1.82, 2.24) is 10.0 Å². The number of sulfonamides is 1. The van der Waals surface area contributed by atoms with Gasteiger partial charge in [-0.1, -0.05) is 48.5 Å². The number of nitrogens with one attached hydrogen (secondary N) is 2. The van der Waals surface area contributed by atoms with Crippen molar-refractivity contribution in [1.29, 1.82) is 0 Å². The molecule has 9 heteroatoms. The monoisotopic (exact) mass is 472 g/mol. The van der Waals surface area contributed by atoms with Crippen LogP contribution in [-0.2, 0) is 27.8 Å². The molecule has 0 saturated heterocycles. The lowest BCUT2D eigenvalue weighted by molar-refractivity contribution is -0.122. The Hall–Kier alpha value is -3.43. The summed E-state index contributed by atoms with van der Waals surface area (Å²) < 4.78 is 52.6. The molecule has 1 unspecified atom stereocenters. The highest BCUT2D eigenvalue weighted by Crippen LogP contribution is 2.27. The summed E-state index contributed by atoms with van der Waals surface area (Å²) in [5.74, 6) is -0.389. The van der Waals surface area contributed by atoms with E-state index in [0.717, 1.165) is 23.3 Å². The molecule has 2 N–H and O–H groups in total. The summed E-state index contributed by atoms with van der Waals surface area (Å²) in [6.45, 7) is 0.131. The van der Waals surface area contributed by atoms with E-state index in [2.05, 4.69) is 10.0 Å². The van der Waals surface area contributed by atoms with Gasteiger partial charge in [0.25, 0.3) is 0 Å². The number of carbonyl (C=O) groups excluding carboxylic acids is 1. The summed E-state index contributed by atoms with van der Waals surface area (Å²) in [5, 5.41) is 2.74.